The lowest BCUT2D eigenvalue weighted by Crippen LogP contribution is -2.43. The Labute approximate surface area is 131 Å². The zero-order valence-corrected chi connectivity index (χ0v) is 13.2. The number of esters is 1. The lowest BCUT2D eigenvalue weighted by atomic mass is 9.84. The van der Waals surface area contributed by atoms with Crippen molar-refractivity contribution in [3.63, 3.8) is 0 Å². The summed E-state index contributed by atoms with van der Waals surface area (Å²) in [6.45, 7) is 0.543. The third-order valence-electron chi connectivity index (χ3n) is 4.69. The highest BCUT2D eigenvalue weighted by atomic mass is 16.5. The number of methoxy groups -OCH3 is 1. The molecular weight excluding hydrogens is 284 g/mol. The number of nitrogens with one attached hydrogen (secondary N) is 2. The Morgan fingerprint density at radius 3 is 2.59 bits per heavy atom. The van der Waals surface area contributed by atoms with E-state index in [9.17, 15) is 14.4 Å². The first-order valence-electron chi connectivity index (χ1n) is 8.25. The molecule has 0 spiro atoms. The predicted molar refractivity (Wildman–Crippen MR) is 80.9 cm³/mol. The van der Waals surface area contributed by atoms with E-state index in [0.29, 0.717) is 18.9 Å². The summed E-state index contributed by atoms with van der Waals surface area (Å²) in [5.41, 5.74) is 0. The van der Waals surface area contributed by atoms with Crippen LogP contribution in [0.1, 0.15) is 51.4 Å². The second kappa shape index (κ2) is 8.15. The molecule has 0 aromatic heterocycles. The van der Waals surface area contributed by atoms with Crippen LogP contribution in [-0.2, 0) is 19.1 Å². The van der Waals surface area contributed by atoms with Crippen LogP contribution in [0.2, 0.25) is 0 Å². The topological polar surface area (TPSA) is 84.5 Å². The van der Waals surface area contributed by atoms with Crippen LogP contribution in [0.15, 0.2) is 0 Å². The van der Waals surface area contributed by atoms with Crippen LogP contribution in [0.4, 0.5) is 0 Å². The summed E-state index contributed by atoms with van der Waals surface area (Å²) < 4.78 is 4.73. The molecule has 6 nitrogen and oxygen atoms in total. The van der Waals surface area contributed by atoms with Gasteiger partial charge in [0.05, 0.1) is 13.5 Å². The standard InChI is InChI=1S/C16H26N2O4/c1-22-14(19)10-12(9-11-5-3-2-4-6-11)18-16(21)13-7-8-17-15(13)20/h11-13H,2-10H2,1H3,(H,17,20)(H,18,21)/t12-,13?/m0/s1. The molecule has 2 N–H and O–H groups in total. The number of hydrogen-bond donors (Lipinski definition) is 2. The first-order valence-corrected chi connectivity index (χ1v) is 8.25. The molecule has 2 fully saturated rings. The number of amides is 2. The number of carbonyl (C=O) groups excluding carboxylic acids is 3. The predicted octanol–water partition coefficient (Wildman–Crippen LogP) is 1.14. The smallest absolute Gasteiger partial charge is 0.307 e. The van der Waals surface area contributed by atoms with Gasteiger partial charge in [0, 0.05) is 12.6 Å². The van der Waals surface area contributed by atoms with Gasteiger partial charge in [-0.25, -0.2) is 0 Å². The number of carbonyl (C=O) groups is 3. The molecule has 6 heteroatoms. The molecule has 0 bridgehead atoms. The summed E-state index contributed by atoms with van der Waals surface area (Å²) in [5.74, 6) is -0.878. The van der Waals surface area contributed by atoms with Gasteiger partial charge in [0.1, 0.15) is 5.92 Å². The quantitative estimate of drug-likeness (QED) is 0.569. The van der Waals surface area contributed by atoms with Crippen LogP contribution < -0.4 is 10.6 Å². The molecule has 1 unspecified atom stereocenters. The maximum atomic E-state index is 12.3. The average molecular weight is 310 g/mol. The minimum Gasteiger partial charge on any atom is -0.469 e. The van der Waals surface area contributed by atoms with Gasteiger partial charge in [-0.2, -0.15) is 0 Å². The molecule has 2 aliphatic rings. The molecular formula is C16H26N2O4. The Morgan fingerprint density at radius 2 is 2.00 bits per heavy atom. The Hall–Kier alpha value is -1.59. The molecule has 2 rings (SSSR count). The molecule has 2 amide bonds. The first kappa shape index (κ1) is 16.8. The van der Waals surface area contributed by atoms with E-state index in [1.165, 1.54) is 26.4 Å². The van der Waals surface area contributed by atoms with Gasteiger partial charge in [-0.1, -0.05) is 32.1 Å². The summed E-state index contributed by atoms with van der Waals surface area (Å²) in [6, 6.07) is -0.239. The normalized spacial score (nSPS) is 23.7. The monoisotopic (exact) mass is 310 g/mol. The molecule has 0 radical (unpaired) electrons. The molecule has 0 aromatic rings. The number of rotatable bonds is 6. The van der Waals surface area contributed by atoms with Crippen molar-refractivity contribution in [2.24, 2.45) is 11.8 Å². The Kier molecular flexibility index (Phi) is 6.21. The summed E-state index contributed by atoms with van der Waals surface area (Å²) in [5, 5.41) is 5.57. The lowest BCUT2D eigenvalue weighted by Gasteiger charge is -2.27. The molecule has 2 atom stereocenters. The van der Waals surface area contributed by atoms with Gasteiger partial charge in [0.25, 0.3) is 0 Å². The third kappa shape index (κ3) is 4.71. The van der Waals surface area contributed by atoms with Crippen LogP contribution in [-0.4, -0.2) is 37.5 Å². The zero-order chi connectivity index (χ0) is 15.9. The van der Waals surface area contributed by atoms with E-state index in [1.807, 2.05) is 0 Å². The SMILES string of the molecule is COC(=O)C[C@H](CC1CCCCC1)NC(=O)C1CCNC1=O. The highest BCUT2D eigenvalue weighted by molar-refractivity contribution is 6.01. The molecule has 124 valence electrons. The van der Waals surface area contributed by atoms with Gasteiger partial charge in [0.2, 0.25) is 11.8 Å². The molecule has 1 heterocycles. The number of ether oxygens (including phenoxy) is 1. The van der Waals surface area contributed by atoms with E-state index in [1.54, 1.807) is 0 Å². The molecule has 1 saturated heterocycles. The second-order valence-electron chi connectivity index (χ2n) is 6.36. The van der Waals surface area contributed by atoms with E-state index in [0.717, 1.165) is 19.3 Å². The van der Waals surface area contributed by atoms with Gasteiger partial charge in [0.15, 0.2) is 0 Å². The van der Waals surface area contributed by atoms with E-state index in [4.69, 9.17) is 4.74 Å². The van der Waals surface area contributed by atoms with Gasteiger partial charge >= 0.3 is 5.97 Å². The van der Waals surface area contributed by atoms with E-state index in [2.05, 4.69) is 10.6 Å². The first-order chi connectivity index (χ1) is 10.6. The van der Waals surface area contributed by atoms with Crippen LogP contribution in [0.25, 0.3) is 0 Å². The van der Waals surface area contributed by atoms with Crippen molar-refractivity contribution in [2.45, 2.75) is 57.4 Å². The average Bonchev–Trinajstić information content (AvgIpc) is 2.94. The fourth-order valence-corrected chi connectivity index (χ4v) is 3.45. The van der Waals surface area contributed by atoms with Crippen molar-refractivity contribution in [3.8, 4) is 0 Å². The fourth-order valence-electron chi connectivity index (χ4n) is 3.45. The van der Waals surface area contributed by atoms with Crippen LogP contribution in [0.5, 0.6) is 0 Å². The van der Waals surface area contributed by atoms with Gasteiger partial charge in [-0.15, -0.1) is 0 Å². The molecule has 1 aliphatic heterocycles. The second-order valence-corrected chi connectivity index (χ2v) is 6.36. The van der Waals surface area contributed by atoms with E-state index >= 15 is 0 Å². The summed E-state index contributed by atoms with van der Waals surface area (Å²) in [6.07, 6.45) is 7.49. The number of hydrogen-bond acceptors (Lipinski definition) is 4. The van der Waals surface area contributed by atoms with E-state index < -0.39 is 5.92 Å². The van der Waals surface area contributed by atoms with Crippen LogP contribution >= 0.6 is 0 Å². The highest BCUT2D eigenvalue weighted by Gasteiger charge is 2.33. The molecule has 1 saturated carbocycles. The third-order valence-corrected chi connectivity index (χ3v) is 4.69. The van der Waals surface area contributed by atoms with Crippen molar-refractivity contribution >= 4 is 17.8 Å². The van der Waals surface area contributed by atoms with Gasteiger partial charge < -0.3 is 15.4 Å². The summed E-state index contributed by atoms with van der Waals surface area (Å²) in [4.78, 5) is 35.4. The Bertz CT molecular complexity index is 418. The van der Waals surface area contributed by atoms with Crippen molar-refractivity contribution in [1.82, 2.24) is 10.6 Å². The highest BCUT2D eigenvalue weighted by Crippen LogP contribution is 2.28. The molecule has 0 aromatic carbocycles. The van der Waals surface area contributed by atoms with E-state index in [-0.39, 0.29) is 30.2 Å². The van der Waals surface area contributed by atoms with Gasteiger partial charge in [-0.3, -0.25) is 14.4 Å². The van der Waals surface area contributed by atoms with Gasteiger partial charge in [-0.05, 0) is 18.8 Å². The maximum Gasteiger partial charge on any atom is 0.307 e. The Balaban J connectivity index is 1.92. The fraction of sp³-hybridized carbons (Fsp3) is 0.812. The minimum absolute atomic E-state index is 0.174. The summed E-state index contributed by atoms with van der Waals surface area (Å²) in [7, 11) is 1.35. The van der Waals surface area contributed by atoms with Crippen molar-refractivity contribution in [3.05, 3.63) is 0 Å². The summed E-state index contributed by atoms with van der Waals surface area (Å²) >= 11 is 0. The molecule has 1 aliphatic carbocycles. The van der Waals surface area contributed by atoms with Crippen LogP contribution in [0.3, 0.4) is 0 Å². The van der Waals surface area contributed by atoms with Crippen molar-refractivity contribution in [2.75, 3.05) is 13.7 Å². The van der Waals surface area contributed by atoms with Crippen LogP contribution in [0, 0.1) is 11.8 Å². The lowest BCUT2D eigenvalue weighted by molar-refractivity contribution is -0.141. The van der Waals surface area contributed by atoms with Crippen molar-refractivity contribution in [1.29, 1.82) is 0 Å². The zero-order valence-electron chi connectivity index (χ0n) is 13.2. The largest absolute Gasteiger partial charge is 0.469 e. The van der Waals surface area contributed by atoms with Crippen molar-refractivity contribution < 1.29 is 19.1 Å². The Morgan fingerprint density at radius 1 is 1.27 bits per heavy atom. The molecule has 22 heavy (non-hydrogen) atoms. The maximum absolute atomic E-state index is 12.3. The minimum atomic E-state index is -0.619.